The van der Waals surface area contributed by atoms with Crippen molar-refractivity contribution in [2.75, 3.05) is 19.7 Å². The molecule has 45 heavy (non-hydrogen) atoms. The molecule has 1 fully saturated rings. The molecule has 8 nitrogen and oxygen atoms in total. The number of thiophene rings is 1. The predicted octanol–water partition coefficient (Wildman–Crippen LogP) is 7.15. The number of rotatable bonds is 15. The van der Waals surface area contributed by atoms with E-state index in [1.807, 2.05) is 57.2 Å². The molecule has 4 rings (SSSR count). The Kier molecular flexibility index (Phi) is 13.0. The monoisotopic (exact) mass is 637 g/mol. The molecule has 2 atom stereocenters. The summed E-state index contributed by atoms with van der Waals surface area (Å²) >= 11 is 1.46. The third-order valence-corrected chi connectivity index (χ3v) is 9.00. The molecule has 246 valence electrons. The number of benzene rings is 2. The van der Waals surface area contributed by atoms with E-state index in [1.165, 1.54) is 29.7 Å². The number of amides is 1. The van der Waals surface area contributed by atoms with E-state index in [4.69, 9.17) is 14.3 Å². The van der Waals surface area contributed by atoms with Gasteiger partial charge >= 0.3 is 5.97 Å². The van der Waals surface area contributed by atoms with Gasteiger partial charge in [0.2, 0.25) is 0 Å². The SMILES string of the molecule is CC(C)COC(C)ONC(=O)c1cc2ccc(CNCC3CCC(CNC(C(=O)OC(C)(C)C)c4ccccc4)CC3)cc2s1. The van der Waals surface area contributed by atoms with E-state index in [1.54, 1.807) is 6.92 Å². The van der Waals surface area contributed by atoms with Crippen LogP contribution in [0.25, 0.3) is 10.1 Å². The van der Waals surface area contributed by atoms with Crippen LogP contribution in [-0.4, -0.2) is 43.5 Å². The van der Waals surface area contributed by atoms with Crippen molar-refractivity contribution in [1.82, 2.24) is 16.1 Å². The highest BCUT2D eigenvalue weighted by Crippen LogP contribution is 2.30. The second-order valence-corrected chi connectivity index (χ2v) is 14.7. The highest BCUT2D eigenvalue weighted by molar-refractivity contribution is 7.20. The number of hydrogen-bond donors (Lipinski definition) is 3. The van der Waals surface area contributed by atoms with Gasteiger partial charge in [0.1, 0.15) is 11.6 Å². The number of fused-ring (bicyclic) bond motifs is 1. The molecule has 0 bridgehead atoms. The Morgan fingerprint density at radius 1 is 0.933 bits per heavy atom. The molecule has 2 unspecified atom stereocenters. The van der Waals surface area contributed by atoms with E-state index in [0.717, 1.165) is 48.1 Å². The molecule has 3 N–H and O–H groups in total. The summed E-state index contributed by atoms with van der Waals surface area (Å²) in [6.45, 7) is 14.8. The fourth-order valence-corrected chi connectivity index (χ4v) is 6.55. The first-order valence-corrected chi connectivity index (χ1v) is 17.1. The van der Waals surface area contributed by atoms with E-state index in [-0.39, 0.29) is 11.9 Å². The van der Waals surface area contributed by atoms with Crippen molar-refractivity contribution in [2.45, 2.75) is 91.7 Å². The van der Waals surface area contributed by atoms with Crippen molar-refractivity contribution in [3.8, 4) is 0 Å². The zero-order valence-electron chi connectivity index (χ0n) is 27.7. The molecule has 2 aromatic carbocycles. The van der Waals surface area contributed by atoms with Crippen LogP contribution in [0.1, 0.15) is 94.1 Å². The summed E-state index contributed by atoms with van der Waals surface area (Å²) in [5.74, 6) is 1.10. The average molecular weight is 638 g/mol. The van der Waals surface area contributed by atoms with Gasteiger partial charge in [-0.05, 0) is 113 Å². The lowest BCUT2D eigenvalue weighted by Crippen LogP contribution is -2.38. The first-order valence-electron chi connectivity index (χ1n) is 16.3. The summed E-state index contributed by atoms with van der Waals surface area (Å²) < 4.78 is 12.4. The molecule has 0 spiro atoms. The van der Waals surface area contributed by atoms with Crippen molar-refractivity contribution < 1.29 is 23.9 Å². The minimum absolute atomic E-state index is 0.224. The Morgan fingerprint density at radius 2 is 1.62 bits per heavy atom. The summed E-state index contributed by atoms with van der Waals surface area (Å²) in [7, 11) is 0. The highest BCUT2D eigenvalue weighted by atomic mass is 32.1. The van der Waals surface area contributed by atoms with E-state index in [0.29, 0.717) is 29.2 Å². The second-order valence-electron chi connectivity index (χ2n) is 13.6. The van der Waals surface area contributed by atoms with Crippen LogP contribution in [0.3, 0.4) is 0 Å². The van der Waals surface area contributed by atoms with Crippen LogP contribution >= 0.6 is 11.3 Å². The molecule has 0 aliphatic heterocycles. The number of nitrogens with one attached hydrogen (secondary N) is 3. The van der Waals surface area contributed by atoms with Gasteiger partial charge in [-0.3, -0.25) is 4.79 Å². The van der Waals surface area contributed by atoms with Crippen molar-refractivity contribution in [2.24, 2.45) is 17.8 Å². The van der Waals surface area contributed by atoms with Crippen molar-refractivity contribution in [3.63, 3.8) is 0 Å². The second kappa shape index (κ2) is 16.7. The third kappa shape index (κ3) is 11.5. The third-order valence-electron chi connectivity index (χ3n) is 7.90. The average Bonchev–Trinajstić information content (AvgIpc) is 3.43. The molecule has 9 heteroatoms. The summed E-state index contributed by atoms with van der Waals surface area (Å²) in [4.78, 5) is 31.6. The van der Waals surface area contributed by atoms with Gasteiger partial charge in [-0.15, -0.1) is 11.3 Å². The maximum Gasteiger partial charge on any atom is 0.328 e. The fourth-order valence-electron chi connectivity index (χ4n) is 5.53. The summed E-state index contributed by atoms with van der Waals surface area (Å²) in [5.41, 5.74) is 4.13. The van der Waals surface area contributed by atoms with Gasteiger partial charge in [-0.1, -0.05) is 56.3 Å². The minimum atomic E-state index is -0.525. The molecular formula is C36H51N3O5S. The predicted molar refractivity (Wildman–Crippen MR) is 181 cm³/mol. The van der Waals surface area contributed by atoms with Crippen molar-refractivity contribution >= 4 is 33.3 Å². The fraction of sp³-hybridized carbons (Fsp3) is 0.556. The quantitative estimate of drug-likeness (QED) is 0.0925. The van der Waals surface area contributed by atoms with E-state index >= 15 is 0 Å². The van der Waals surface area contributed by atoms with E-state index in [9.17, 15) is 9.59 Å². The van der Waals surface area contributed by atoms with Gasteiger partial charge in [0.25, 0.3) is 5.91 Å². The van der Waals surface area contributed by atoms with Gasteiger partial charge < -0.3 is 20.1 Å². The number of ether oxygens (including phenoxy) is 2. The van der Waals surface area contributed by atoms with Gasteiger partial charge in [-0.25, -0.2) is 15.1 Å². The molecule has 1 aliphatic carbocycles. The van der Waals surface area contributed by atoms with Crippen LogP contribution in [0.4, 0.5) is 0 Å². The number of carbonyl (C=O) groups is 2. The number of hydrogen-bond acceptors (Lipinski definition) is 8. The van der Waals surface area contributed by atoms with Crippen LogP contribution < -0.4 is 16.1 Å². The zero-order chi connectivity index (χ0) is 32.4. The summed E-state index contributed by atoms with van der Waals surface area (Å²) in [5, 5.41) is 8.23. The van der Waals surface area contributed by atoms with Crippen LogP contribution in [0.15, 0.2) is 54.6 Å². The van der Waals surface area contributed by atoms with E-state index < -0.39 is 17.9 Å². The first-order chi connectivity index (χ1) is 21.5. The standard InChI is InChI=1S/C36H51N3O5S/c1-24(2)23-42-25(3)44-39-34(40)32-19-30-17-16-28(18-31(30)45-32)21-37-20-26-12-14-27(15-13-26)22-38-33(29-10-8-7-9-11-29)35(41)43-36(4,5)6/h7-11,16-19,24-27,33,37-38H,12-15,20-23H2,1-6H3,(H,39,40). The molecule has 1 saturated carbocycles. The van der Waals surface area contributed by atoms with Crippen LogP contribution in [0, 0.1) is 17.8 Å². The molecule has 1 amide bonds. The van der Waals surface area contributed by atoms with Crippen molar-refractivity contribution in [3.05, 3.63) is 70.6 Å². The minimum Gasteiger partial charge on any atom is -0.459 e. The van der Waals surface area contributed by atoms with Gasteiger partial charge in [0.15, 0.2) is 6.29 Å². The zero-order valence-corrected chi connectivity index (χ0v) is 28.5. The highest BCUT2D eigenvalue weighted by Gasteiger charge is 2.28. The maximum atomic E-state index is 13.0. The number of carbonyl (C=O) groups excluding carboxylic acids is 2. The van der Waals surface area contributed by atoms with Crippen LogP contribution in [0.5, 0.6) is 0 Å². The first kappa shape index (κ1) is 35.0. The summed E-state index contributed by atoms with van der Waals surface area (Å²) in [6.07, 6.45) is 4.13. The van der Waals surface area contributed by atoms with Gasteiger partial charge in [0.05, 0.1) is 11.5 Å². The topological polar surface area (TPSA) is 97.9 Å². The lowest BCUT2D eigenvalue weighted by Gasteiger charge is -2.31. The Labute approximate surface area is 272 Å². The molecule has 1 aromatic heterocycles. The van der Waals surface area contributed by atoms with Crippen LogP contribution in [-0.2, 0) is 25.7 Å². The lowest BCUT2D eigenvalue weighted by molar-refractivity contribution is -0.163. The lowest BCUT2D eigenvalue weighted by atomic mass is 9.81. The van der Waals surface area contributed by atoms with Gasteiger partial charge in [-0.2, -0.15) is 0 Å². The molecule has 1 heterocycles. The molecule has 0 saturated heterocycles. The Hall–Kier alpha value is -2.82. The molecular weight excluding hydrogens is 586 g/mol. The maximum absolute atomic E-state index is 13.0. The normalized spacial score (nSPS) is 18.6. The Balaban J connectivity index is 1.19. The summed E-state index contributed by atoms with van der Waals surface area (Å²) in [6, 6.07) is 17.7. The smallest absolute Gasteiger partial charge is 0.328 e. The number of hydroxylamine groups is 1. The molecule has 3 aromatic rings. The van der Waals surface area contributed by atoms with Crippen molar-refractivity contribution in [1.29, 1.82) is 0 Å². The largest absolute Gasteiger partial charge is 0.459 e. The molecule has 1 aliphatic rings. The molecule has 0 radical (unpaired) electrons. The Bertz CT molecular complexity index is 1360. The van der Waals surface area contributed by atoms with Crippen LogP contribution in [0.2, 0.25) is 0 Å². The van der Waals surface area contributed by atoms with Gasteiger partial charge in [0, 0.05) is 11.2 Å². The number of esters is 1. The Morgan fingerprint density at radius 3 is 2.29 bits per heavy atom. The van der Waals surface area contributed by atoms with E-state index in [2.05, 4.69) is 48.2 Å².